The van der Waals surface area contributed by atoms with Crippen molar-refractivity contribution in [3.63, 3.8) is 0 Å². The Morgan fingerprint density at radius 1 is 0.519 bits per heavy atom. The molecule has 4 nitrogen and oxygen atoms in total. The number of nitrogens with zero attached hydrogens (tertiary/aromatic N) is 4. The fourth-order valence-electron chi connectivity index (χ4n) is 7.99. The van der Waals surface area contributed by atoms with Crippen LogP contribution in [0.15, 0.2) is 182 Å². The van der Waals surface area contributed by atoms with E-state index in [9.17, 15) is 0 Å². The first-order chi connectivity index (χ1) is 26.8. The molecule has 10 rings (SSSR count). The monoisotopic (exact) mass is 690 g/mol. The maximum atomic E-state index is 5.31. The SMILES string of the molecule is C/C=C\C=C/c1cc(-c2ccc3c(c2)c2ccccc2c2nc(-c4ccccn4)c(-c4ccccn4)n32)c2ccccc2c1-c1ccc2ccccc2c1. The summed E-state index contributed by atoms with van der Waals surface area (Å²) < 4.78 is 2.28. The zero-order valence-electron chi connectivity index (χ0n) is 29.7. The molecule has 0 aliphatic carbocycles. The van der Waals surface area contributed by atoms with E-state index in [4.69, 9.17) is 15.0 Å². The molecule has 0 atom stereocenters. The van der Waals surface area contributed by atoms with Crippen molar-refractivity contribution in [2.45, 2.75) is 6.92 Å². The summed E-state index contributed by atoms with van der Waals surface area (Å²) in [5.41, 5.74) is 11.3. The Hall–Kier alpha value is -7.17. The van der Waals surface area contributed by atoms with Crippen LogP contribution in [0.2, 0.25) is 0 Å². The number of pyridine rings is 3. The molecule has 0 fully saturated rings. The van der Waals surface area contributed by atoms with Crippen molar-refractivity contribution < 1.29 is 0 Å². The van der Waals surface area contributed by atoms with E-state index in [2.05, 4.69) is 157 Å². The topological polar surface area (TPSA) is 43.1 Å². The number of allylic oxidation sites excluding steroid dienone is 3. The summed E-state index contributed by atoms with van der Waals surface area (Å²) in [7, 11) is 0. The van der Waals surface area contributed by atoms with Crippen LogP contribution in [0.4, 0.5) is 0 Å². The van der Waals surface area contributed by atoms with Gasteiger partial charge < -0.3 is 0 Å². The molecular formula is C50H34N4. The third-order valence-electron chi connectivity index (χ3n) is 10.4. The van der Waals surface area contributed by atoms with Gasteiger partial charge in [-0.3, -0.25) is 14.4 Å². The lowest BCUT2D eigenvalue weighted by molar-refractivity contribution is 1.22. The van der Waals surface area contributed by atoms with E-state index < -0.39 is 0 Å². The summed E-state index contributed by atoms with van der Waals surface area (Å²) in [6.45, 7) is 2.05. The van der Waals surface area contributed by atoms with Crippen LogP contribution < -0.4 is 0 Å². The van der Waals surface area contributed by atoms with Crippen LogP contribution in [0.5, 0.6) is 0 Å². The zero-order chi connectivity index (χ0) is 36.0. The van der Waals surface area contributed by atoms with Crippen molar-refractivity contribution in [3.05, 3.63) is 188 Å². The van der Waals surface area contributed by atoms with Crippen LogP contribution in [0, 0.1) is 0 Å². The second kappa shape index (κ2) is 13.1. The number of fused-ring (bicyclic) bond motifs is 8. The second-order valence-corrected chi connectivity index (χ2v) is 13.6. The van der Waals surface area contributed by atoms with E-state index in [-0.39, 0.29) is 0 Å². The Kier molecular flexibility index (Phi) is 7.66. The third-order valence-corrected chi connectivity index (χ3v) is 10.4. The first-order valence-corrected chi connectivity index (χ1v) is 18.3. The second-order valence-electron chi connectivity index (χ2n) is 13.6. The van der Waals surface area contributed by atoms with Gasteiger partial charge in [0.2, 0.25) is 0 Å². The van der Waals surface area contributed by atoms with E-state index in [1.165, 1.54) is 43.8 Å². The molecule has 254 valence electrons. The Balaban J connectivity index is 1.27. The van der Waals surface area contributed by atoms with Gasteiger partial charge in [-0.1, -0.05) is 127 Å². The molecule has 10 aromatic rings. The summed E-state index contributed by atoms with van der Waals surface area (Å²) in [6, 6.07) is 54.0. The van der Waals surface area contributed by atoms with Crippen LogP contribution in [0.1, 0.15) is 12.5 Å². The normalized spacial score (nSPS) is 12.0. The van der Waals surface area contributed by atoms with Crippen molar-refractivity contribution in [3.8, 4) is 45.0 Å². The Morgan fingerprint density at radius 2 is 1.20 bits per heavy atom. The van der Waals surface area contributed by atoms with Crippen molar-refractivity contribution in [1.29, 1.82) is 0 Å². The van der Waals surface area contributed by atoms with Gasteiger partial charge in [-0.2, -0.15) is 0 Å². The summed E-state index contributed by atoms with van der Waals surface area (Å²) in [5.74, 6) is 0. The van der Waals surface area contributed by atoms with Gasteiger partial charge in [0.05, 0.1) is 16.9 Å². The van der Waals surface area contributed by atoms with Gasteiger partial charge in [0.1, 0.15) is 17.0 Å². The molecular weight excluding hydrogens is 657 g/mol. The number of imidazole rings is 1. The fraction of sp³-hybridized carbons (Fsp3) is 0.0200. The minimum absolute atomic E-state index is 0.809. The van der Waals surface area contributed by atoms with Crippen LogP contribution >= 0.6 is 0 Å². The predicted octanol–water partition coefficient (Wildman–Crippen LogP) is 13.0. The maximum Gasteiger partial charge on any atom is 0.146 e. The van der Waals surface area contributed by atoms with E-state index in [0.717, 1.165) is 55.7 Å². The quantitative estimate of drug-likeness (QED) is 0.129. The van der Waals surface area contributed by atoms with Crippen LogP contribution in [-0.4, -0.2) is 19.4 Å². The minimum Gasteiger partial charge on any atom is -0.290 e. The zero-order valence-corrected chi connectivity index (χ0v) is 29.7. The van der Waals surface area contributed by atoms with Gasteiger partial charge in [0.15, 0.2) is 0 Å². The molecule has 0 bridgehead atoms. The highest BCUT2D eigenvalue weighted by Gasteiger charge is 2.23. The Labute approximate surface area is 313 Å². The smallest absolute Gasteiger partial charge is 0.146 e. The van der Waals surface area contributed by atoms with Crippen LogP contribution in [-0.2, 0) is 0 Å². The average molecular weight is 691 g/mol. The van der Waals surface area contributed by atoms with E-state index >= 15 is 0 Å². The van der Waals surface area contributed by atoms with Gasteiger partial charge in [-0.15, -0.1) is 0 Å². The van der Waals surface area contributed by atoms with Gasteiger partial charge in [-0.05, 0) is 110 Å². The van der Waals surface area contributed by atoms with E-state index in [1.54, 1.807) is 0 Å². The molecule has 0 aliphatic rings. The van der Waals surface area contributed by atoms with Gasteiger partial charge >= 0.3 is 0 Å². The lowest BCUT2D eigenvalue weighted by Crippen LogP contribution is -1.97. The fourth-order valence-corrected chi connectivity index (χ4v) is 7.99. The van der Waals surface area contributed by atoms with Gasteiger partial charge in [-0.25, -0.2) is 4.98 Å². The lowest BCUT2D eigenvalue weighted by atomic mass is 9.87. The lowest BCUT2D eigenvalue weighted by Gasteiger charge is -2.18. The molecule has 0 saturated carbocycles. The van der Waals surface area contributed by atoms with E-state index in [0.29, 0.717) is 0 Å². The largest absolute Gasteiger partial charge is 0.290 e. The molecule has 4 heterocycles. The molecule has 4 aromatic heterocycles. The molecule has 0 aliphatic heterocycles. The van der Waals surface area contributed by atoms with E-state index in [1.807, 2.05) is 42.7 Å². The molecule has 0 amide bonds. The Morgan fingerprint density at radius 3 is 1.98 bits per heavy atom. The first kappa shape index (κ1) is 31.6. The maximum absolute atomic E-state index is 5.31. The highest BCUT2D eigenvalue weighted by atomic mass is 15.1. The molecule has 0 radical (unpaired) electrons. The summed E-state index contributed by atoms with van der Waals surface area (Å²) in [4.78, 5) is 14.9. The number of hydrogen-bond acceptors (Lipinski definition) is 3. The van der Waals surface area contributed by atoms with Gasteiger partial charge in [0, 0.05) is 23.2 Å². The number of hydrogen-bond donors (Lipinski definition) is 0. The summed E-state index contributed by atoms with van der Waals surface area (Å²) in [6.07, 6.45) is 12.2. The van der Waals surface area contributed by atoms with Crippen molar-refractivity contribution in [2.75, 3.05) is 0 Å². The molecule has 4 heteroatoms. The number of aromatic nitrogens is 4. The van der Waals surface area contributed by atoms with Crippen LogP contribution in [0.25, 0.3) is 100.0 Å². The van der Waals surface area contributed by atoms with Crippen molar-refractivity contribution >= 4 is 54.9 Å². The molecule has 0 spiro atoms. The van der Waals surface area contributed by atoms with Crippen molar-refractivity contribution in [2.24, 2.45) is 0 Å². The minimum atomic E-state index is 0.809. The van der Waals surface area contributed by atoms with Crippen molar-refractivity contribution in [1.82, 2.24) is 19.4 Å². The summed E-state index contributed by atoms with van der Waals surface area (Å²) >= 11 is 0. The third kappa shape index (κ3) is 5.19. The molecule has 54 heavy (non-hydrogen) atoms. The number of rotatable bonds is 6. The molecule has 0 unspecified atom stereocenters. The standard InChI is InChI=1S/C50H34N4/c1-2-3-4-17-36-32-42(38-18-7-9-20-40(38)47(36)37-25-24-33-15-5-6-16-34(33)30-37)35-26-27-46-43(31-35)39-19-8-10-21-41(39)50-53-48(44-22-11-13-28-51-44)49(54(46)50)45-23-12-14-29-52-45/h2-32H,1H3/b3-2-,17-4-. The van der Waals surface area contributed by atoms with Gasteiger partial charge in [0.25, 0.3) is 0 Å². The summed E-state index contributed by atoms with van der Waals surface area (Å²) in [5, 5.41) is 8.27. The first-order valence-electron chi connectivity index (χ1n) is 18.3. The van der Waals surface area contributed by atoms with Crippen LogP contribution in [0.3, 0.4) is 0 Å². The molecule has 0 N–H and O–H groups in total. The molecule has 6 aromatic carbocycles. The average Bonchev–Trinajstić information content (AvgIpc) is 3.65. The predicted molar refractivity (Wildman–Crippen MR) is 226 cm³/mol. The Bertz CT molecular complexity index is 3100. The molecule has 0 saturated heterocycles. The highest BCUT2D eigenvalue weighted by molar-refractivity contribution is 6.15. The number of benzene rings is 6. The highest BCUT2D eigenvalue weighted by Crippen LogP contribution is 2.43.